The molecule has 0 unspecified atom stereocenters. The quantitative estimate of drug-likeness (QED) is 0.839. The summed E-state index contributed by atoms with van der Waals surface area (Å²) in [5.74, 6) is 0.119. The Morgan fingerprint density at radius 2 is 1.96 bits per heavy atom. The van der Waals surface area contributed by atoms with Gasteiger partial charge in [-0.05, 0) is 31.4 Å². The van der Waals surface area contributed by atoms with Crippen molar-refractivity contribution in [2.45, 2.75) is 51.5 Å². The number of fused-ring (bicyclic) bond motifs is 5. The molecule has 1 atom stereocenters. The molecule has 2 amide bonds. The van der Waals surface area contributed by atoms with Crippen LogP contribution in [0.2, 0.25) is 0 Å². The van der Waals surface area contributed by atoms with Gasteiger partial charge in [0.2, 0.25) is 5.91 Å². The molecule has 26 heavy (non-hydrogen) atoms. The van der Waals surface area contributed by atoms with Crippen LogP contribution in [0.5, 0.6) is 0 Å². The molecule has 138 valence electrons. The highest BCUT2D eigenvalue weighted by molar-refractivity contribution is 6.00. The number of nitrogens with one attached hydrogen (secondary N) is 1. The number of piperazine rings is 1. The molecule has 0 bridgehead atoms. The number of aromatic amines is 1. The van der Waals surface area contributed by atoms with Crippen molar-refractivity contribution < 1.29 is 9.59 Å². The molecule has 1 saturated heterocycles. The molecule has 3 heterocycles. The summed E-state index contributed by atoms with van der Waals surface area (Å²) in [5.41, 5.74) is 2.22. The predicted octanol–water partition coefficient (Wildman–Crippen LogP) is 3.19. The van der Waals surface area contributed by atoms with E-state index in [4.69, 9.17) is 0 Å². The number of hydrogen-bond acceptors (Lipinski definition) is 2. The van der Waals surface area contributed by atoms with Gasteiger partial charge in [-0.1, -0.05) is 44.4 Å². The van der Waals surface area contributed by atoms with Gasteiger partial charge in [0.15, 0.2) is 5.54 Å². The summed E-state index contributed by atoms with van der Waals surface area (Å²) in [4.78, 5) is 33.3. The van der Waals surface area contributed by atoms with Crippen molar-refractivity contribution in [3.63, 3.8) is 0 Å². The molecule has 1 fully saturated rings. The van der Waals surface area contributed by atoms with Crippen molar-refractivity contribution in [3.8, 4) is 0 Å². The Balaban J connectivity index is 1.71. The first-order valence-electron chi connectivity index (χ1n) is 9.77. The van der Waals surface area contributed by atoms with Crippen LogP contribution in [0.4, 0.5) is 0 Å². The number of benzene rings is 1. The first kappa shape index (κ1) is 17.1. The molecule has 1 N–H and O–H groups in total. The Labute approximate surface area is 154 Å². The van der Waals surface area contributed by atoms with Crippen molar-refractivity contribution in [2.75, 3.05) is 19.6 Å². The van der Waals surface area contributed by atoms with E-state index < -0.39 is 5.54 Å². The number of amides is 2. The number of rotatable bonds is 5. The smallest absolute Gasteiger partial charge is 0.254 e. The van der Waals surface area contributed by atoms with Crippen LogP contribution in [0.3, 0.4) is 0 Å². The summed E-state index contributed by atoms with van der Waals surface area (Å²) >= 11 is 0. The van der Waals surface area contributed by atoms with Gasteiger partial charge in [0, 0.05) is 24.0 Å². The van der Waals surface area contributed by atoms with E-state index in [9.17, 15) is 9.59 Å². The van der Waals surface area contributed by atoms with Crippen LogP contribution in [-0.4, -0.2) is 46.2 Å². The van der Waals surface area contributed by atoms with Gasteiger partial charge in [-0.25, -0.2) is 0 Å². The van der Waals surface area contributed by atoms with Crippen LogP contribution in [0.1, 0.15) is 50.8 Å². The Bertz CT molecular complexity index is 856. The highest BCUT2D eigenvalue weighted by Gasteiger charge is 2.53. The van der Waals surface area contributed by atoms with E-state index in [1.807, 2.05) is 25.1 Å². The molecule has 5 heteroatoms. The molecular weight excluding hydrogens is 326 g/mol. The molecule has 0 aliphatic carbocycles. The van der Waals surface area contributed by atoms with Crippen molar-refractivity contribution in [1.82, 2.24) is 14.8 Å². The summed E-state index contributed by atoms with van der Waals surface area (Å²) in [6.07, 6.45) is 5.20. The lowest BCUT2D eigenvalue weighted by Gasteiger charge is -2.49. The fraction of sp³-hybridized carbons (Fsp3) is 0.524. The third-order valence-electron chi connectivity index (χ3n) is 6.04. The number of carbonyl (C=O) groups excluding carboxylic acids is 2. The van der Waals surface area contributed by atoms with Gasteiger partial charge in [-0.15, -0.1) is 0 Å². The Hall–Kier alpha value is -2.30. The van der Waals surface area contributed by atoms with E-state index in [2.05, 4.69) is 18.0 Å². The molecule has 1 aromatic heterocycles. The maximum absolute atomic E-state index is 13.4. The van der Waals surface area contributed by atoms with Crippen LogP contribution >= 0.6 is 0 Å². The summed E-state index contributed by atoms with van der Waals surface area (Å²) in [7, 11) is 0. The molecule has 0 radical (unpaired) electrons. The van der Waals surface area contributed by atoms with Gasteiger partial charge in [0.25, 0.3) is 5.91 Å². The van der Waals surface area contributed by atoms with Crippen LogP contribution in [-0.2, 0) is 21.5 Å². The molecule has 5 nitrogen and oxygen atoms in total. The van der Waals surface area contributed by atoms with Crippen LogP contribution in [0.15, 0.2) is 24.3 Å². The number of para-hydroxylation sites is 1. The minimum absolute atomic E-state index is 0.0566. The first-order valence-corrected chi connectivity index (χ1v) is 9.77. The zero-order chi connectivity index (χ0) is 18.3. The maximum atomic E-state index is 13.4. The largest absolute Gasteiger partial charge is 0.356 e. The highest BCUT2D eigenvalue weighted by Crippen LogP contribution is 2.41. The molecule has 2 aromatic rings. The van der Waals surface area contributed by atoms with E-state index in [1.165, 1.54) is 17.4 Å². The molecule has 0 spiro atoms. The monoisotopic (exact) mass is 353 g/mol. The fourth-order valence-electron chi connectivity index (χ4n) is 4.59. The van der Waals surface area contributed by atoms with Crippen molar-refractivity contribution in [1.29, 1.82) is 0 Å². The standard InChI is InChI=1S/C21H27N3O2/c1-3-4-5-8-12-23-14-18(25)24-13-11-16-15-9-6-7-10-17(15)22-19(16)21(24,2)20(23)26/h6-7,9-10,22H,3-5,8,11-14H2,1-2H3/t21-/m0/s1. The van der Waals surface area contributed by atoms with E-state index >= 15 is 0 Å². The van der Waals surface area contributed by atoms with Crippen LogP contribution < -0.4 is 0 Å². The summed E-state index contributed by atoms with van der Waals surface area (Å²) in [5, 5.41) is 1.17. The van der Waals surface area contributed by atoms with Gasteiger partial charge < -0.3 is 14.8 Å². The first-order chi connectivity index (χ1) is 12.6. The SMILES string of the molecule is CCCCCCN1CC(=O)N2CCc3c([nH]c4ccccc34)[C@@]2(C)C1=O. The van der Waals surface area contributed by atoms with Gasteiger partial charge in [0.1, 0.15) is 0 Å². The zero-order valence-electron chi connectivity index (χ0n) is 15.7. The average Bonchev–Trinajstić information content (AvgIpc) is 3.03. The highest BCUT2D eigenvalue weighted by atomic mass is 16.2. The topological polar surface area (TPSA) is 56.4 Å². The van der Waals surface area contributed by atoms with Gasteiger partial charge in [-0.3, -0.25) is 9.59 Å². The number of aromatic nitrogens is 1. The zero-order valence-corrected chi connectivity index (χ0v) is 15.7. The molecule has 1 aromatic carbocycles. The summed E-state index contributed by atoms with van der Waals surface area (Å²) in [6, 6.07) is 8.16. The molecule has 2 aliphatic heterocycles. The Kier molecular flexibility index (Phi) is 4.25. The number of unbranched alkanes of at least 4 members (excludes halogenated alkanes) is 3. The van der Waals surface area contributed by atoms with E-state index in [0.29, 0.717) is 13.1 Å². The van der Waals surface area contributed by atoms with Crippen LogP contribution in [0.25, 0.3) is 10.9 Å². The minimum Gasteiger partial charge on any atom is -0.356 e. The minimum atomic E-state index is -0.910. The normalized spacial score (nSPS) is 22.7. The second kappa shape index (κ2) is 6.45. The van der Waals surface area contributed by atoms with E-state index in [-0.39, 0.29) is 18.4 Å². The van der Waals surface area contributed by atoms with Crippen molar-refractivity contribution in [3.05, 3.63) is 35.5 Å². The predicted molar refractivity (Wildman–Crippen MR) is 102 cm³/mol. The Morgan fingerprint density at radius 1 is 1.15 bits per heavy atom. The van der Waals surface area contributed by atoms with Gasteiger partial charge >= 0.3 is 0 Å². The lowest BCUT2D eigenvalue weighted by molar-refractivity contribution is -0.166. The van der Waals surface area contributed by atoms with Crippen molar-refractivity contribution >= 4 is 22.7 Å². The van der Waals surface area contributed by atoms with E-state index in [0.717, 1.165) is 36.9 Å². The second-order valence-corrected chi connectivity index (χ2v) is 7.68. The summed E-state index contributed by atoms with van der Waals surface area (Å²) < 4.78 is 0. The van der Waals surface area contributed by atoms with Crippen molar-refractivity contribution in [2.24, 2.45) is 0 Å². The van der Waals surface area contributed by atoms with Gasteiger partial charge in [0.05, 0.1) is 12.2 Å². The number of H-pyrrole nitrogens is 1. The molecule has 4 rings (SSSR count). The fourth-order valence-corrected chi connectivity index (χ4v) is 4.59. The third-order valence-corrected chi connectivity index (χ3v) is 6.04. The number of nitrogens with zero attached hydrogens (tertiary/aromatic N) is 2. The number of hydrogen-bond donors (Lipinski definition) is 1. The third kappa shape index (κ3) is 2.44. The maximum Gasteiger partial charge on any atom is 0.254 e. The second-order valence-electron chi connectivity index (χ2n) is 7.68. The Morgan fingerprint density at radius 3 is 2.77 bits per heavy atom. The van der Waals surface area contributed by atoms with Crippen LogP contribution in [0, 0.1) is 0 Å². The summed E-state index contributed by atoms with van der Waals surface area (Å²) in [6.45, 7) is 5.59. The lowest BCUT2D eigenvalue weighted by Crippen LogP contribution is -2.67. The lowest BCUT2D eigenvalue weighted by atomic mass is 9.83. The molecular formula is C21H27N3O2. The molecule has 0 saturated carbocycles. The van der Waals surface area contributed by atoms with E-state index in [1.54, 1.807) is 9.80 Å². The molecule has 2 aliphatic rings. The number of carbonyl (C=O) groups is 2. The van der Waals surface area contributed by atoms with Gasteiger partial charge in [-0.2, -0.15) is 0 Å². The average molecular weight is 353 g/mol.